The average Bonchev–Trinajstić information content (AvgIpc) is 2.72. The Labute approximate surface area is 103 Å². The van der Waals surface area contributed by atoms with Gasteiger partial charge in [0, 0.05) is 11.1 Å². The van der Waals surface area contributed by atoms with E-state index in [1.54, 1.807) is 6.07 Å². The molecular formula is C14H9NO3. The van der Waals surface area contributed by atoms with Gasteiger partial charge in [0.2, 0.25) is 0 Å². The van der Waals surface area contributed by atoms with Gasteiger partial charge in [-0.25, -0.2) is 4.79 Å². The standard InChI is InChI=1S/C14H9NO3/c16-14(17)11-7-3-6-9-8-4-1-2-5-10(8)13(15-18)12(9)11/h1-7,18H,(H,16,17)/b15-13-. The molecule has 0 unspecified atom stereocenters. The zero-order valence-corrected chi connectivity index (χ0v) is 9.29. The third-order valence-corrected chi connectivity index (χ3v) is 3.10. The second-order valence-corrected chi connectivity index (χ2v) is 4.03. The van der Waals surface area contributed by atoms with Crippen LogP contribution in [0, 0.1) is 0 Å². The molecule has 2 N–H and O–H groups in total. The maximum atomic E-state index is 11.2. The first-order chi connectivity index (χ1) is 8.74. The Morgan fingerprint density at radius 1 is 0.944 bits per heavy atom. The number of nitrogens with zero attached hydrogens (tertiary/aromatic N) is 1. The molecule has 3 rings (SSSR count). The summed E-state index contributed by atoms with van der Waals surface area (Å²) in [5, 5.41) is 21.6. The minimum Gasteiger partial charge on any atom is -0.478 e. The molecule has 0 spiro atoms. The molecule has 18 heavy (non-hydrogen) atoms. The molecule has 1 aliphatic carbocycles. The summed E-state index contributed by atoms with van der Waals surface area (Å²) in [6, 6.07) is 12.4. The van der Waals surface area contributed by atoms with Crippen LogP contribution < -0.4 is 0 Å². The highest BCUT2D eigenvalue weighted by atomic mass is 16.4. The Hall–Kier alpha value is -2.62. The van der Waals surface area contributed by atoms with Crippen LogP contribution in [0.5, 0.6) is 0 Å². The second kappa shape index (κ2) is 3.70. The van der Waals surface area contributed by atoms with Crippen LogP contribution in [0.25, 0.3) is 11.1 Å². The van der Waals surface area contributed by atoms with Crippen LogP contribution in [0.2, 0.25) is 0 Å². The van der Waals surface area contributed by atoms with E-state index in [1.807, 2.05) is 30.3 Å². The summed E-state index contributed by atoms with van der Waals surface area (Å²) in [6.07, 6.45) is 0. The molecule has 0 amide bonds. The summed E-state index contributed by atoms with van der Waals surface area (Å²) in [4.78, 5) is 11.2. The predicted octanol–water partition coefficient (Wildman–Crippen LogP) is 2.59. The lowest BCUT2D eigenvalue weighted by molar-refractivity contribution is 0.0697. The second-order valence-electron chi connectivity index (χ2n) is 4.03. The topological polar surface area (TPSA) is 69.9 Å². The molecular weight excluding hydrogens is 230 g/mol. The molecule has 0 atom stereocenters. The zero-order valence-electron chi connectivity index (χ0n) is 9.29. The van der Waals surface area contributed by atoms with Crippen molar-refractivity contribution in [2.45, 2.75) is 0 Å². The third-order valence-electron chi connectivity index (χ3n) is 3.10. The third kappa shape index (κ3) is 1.26. The Morgan fingerprint density at radius 2 is 1.61 bits per heavy atom. The van der Waals surface area contributed by atoms with Crippen LogP contribution in [-0.4, -0.2) is 22.0 Å². The molecule has 2 aromatic rings. The minimum atomic E-state index is -1.03. The lowest BCUT2D eigenvalue weighted by Gasteiger charge is -2.03. The average molecular weight is 239 g/mol. The lowest BCUT2D eigenvalue weighted by Crippen LogP contribution is -2.07. The smallest absolute Gasteiger partial charge is 0.336 e. The molecule has 0 aliphatic heterocycles. The number of rotatable bonds is 1. The summed E-state index contributed by atoms with van der Waals surface area (Å²) in [7, 11) is 0. The van der Waals surface area contributed by atoms with E-state index >= 15 is 0 Å². The van der Waals surface area contributed by atoms with Gasteiger partial charge in [0.25, 0.3) is 0 Å². The molecule has 0 aromatic heterocycles. The lowest BCUT2D eigenvalue weighted by atomic mass is 10.0. The fourth-order valence-corrected chi connectivity index (χ4v) is 2.37. The first kappa shape index (κ1) is 10.5. The molecule has 0 saturated heterocycles. The Kier molecular flexibility index (Phi) is 2.16. The van der Waals surface area contributed by atoms with Crippen molar-refractivity contribution in [2.24, 2.45) is 5.16 Å². The number of aromatic carboxylic acids is 1. The van der Waals surface area contributed by atoms with Gasteiger partial charge in [-0.2, -0.15) is 0 Å². The minimum absolute atomic E-state index is 0.150. The summed E-state index contributed by atoms with van der Waals surface area (Å²) >= 11 is 0. The quantitative estimate of drug-likeness (QED) is 0.506. The highest BCUT2D eigenvalue weighted by Gasteiger charge is 2.29. The number of carboxylic acids is 1. The largest absolute Gasteiger partial charge is 0.478 e. The van der Waals surface area contributed by atoms with Crippen molar-refractivity contribution < 1.29 is 15.1 Å². The van der Waals surface area contributed by atoms with Crippen molar-refractivity contribution >= 4 is 11.7 Å². The van der Waals surface area contributed by atoms with Crippen molar-refractivity contribution in [1.29, 1.82) is 0 Å². The Bertz CT molecular complexity index is 689. The molecule has 0 bridgehead atoms. The van der Waals surface area contributed by atoms with Crippen LogP contribution in [-0.2, 0) is 0 Å². The van der Waals surface area contributed by atoms with Gasteiger partial charge in [0.05, 0.1) is 5.56 Å². The summed E-state index contributed by atoms with van der Waals surface area (Å²) in [6.45, 7) is 0. The first-order valence-corrected chi connectivity index (χ1v) is 5.42. The monoisotopic (exact) mass is 239 g/mol. The fourth-order valence-electron chi connectivity index (χ4n) is 2.37. The van der Waals surface area contributed by atoms with E-state index in [2.05, 4.69) is 5.16 Å². The van der Waals surface area contributed by atoms with Crippen molar-refractivity contribution in [2.75, 3.05) is 0 Å². The highest BCUT2D eigenvalue weighted by molar-refractivity contribution is 6.27. The van der Waals surface area contributed by atoms with Crippen molar-refractivity contribution in [1.82, 2.24) is 0 Å². The number of oxime groups is 1. The summed E-state index contributed by atoms with van der Waals surface area (Å²) in [5.74, 6) is -1.03. The van der Waals surface area contributed by atoms with Gasteiger partial charge >= 0.3 is 5.97 Å². The summed E-state index contributed by atoms with van der Waals surface area (Å²) < 4.78 is 0. The maximum Gasteiger partial charge on any atom is 0.336 e. The van der Waals surface area contributed by atoms with Gasteiger partial charge in [0.15, 0.2) is 0 Å². The first-order valence-electron chi connectivity index (χ1n) is 5.42. The van der Waals surface area contributed by atoms with Gasteiger partial charge in [-0.1, -0.05) is 41.6 Å². The van der Waals surface area contributed by atoms with E-state index in [4.69, 9.17) is 5.21 Å². The maximum absolute atomic E-state index is 11.2. The van der Waals surface area contributed by atoms with E-state index < -0.39 is 5.97 Å². The number of hydrogen-bond acceptors (Lipinski definition) is 3. The predicted molar refractivity (Wildman–Crippen MR) is 66.3 cm³/mol. The molecule has 1 aliphatic rings. The van der Waals surface area contributed by atoms with Crippen LogP contribution in [0.4, 0.5) is 0 Å². The molecule has 0 radical (unpaired) electrons. The molecule has 0 saturated carbocycles. The van der Waals surface area contributed by atoms with E-state index in [9.17, 15) is 9.90 Å². The van der Waals surface area contributed by atoms with E-state index in [0.717, 1.165) is 16.7 Å². The van der Waals surface area contributed by atoms with E-state index in [0.29, 0.717) is 11.3 Å². The van der Waals surface area contributed by atoms with Gasteiger partial charge in [0.1, 0.15) is 5.71 Å². The highest BCUT2D eigenvalue weighted by Crippen LogP contribution is 2.38. The van der Waals surface area contributed by atoms with Gasteiger partial charge in [-0.15, -0.1) is 0 Å². The number of fused-ring (bicyclic) bond motifs is 3. The number of hydrogen-bond donors (Lipinski definition) is 2. The molecule has 4 heteroatoms. The van der Waals surface area contributed by atoms with Gasteiger partial charge < -0.3 is 10.3 Å². The molecule has 4 nitrogen and oxygen atoms in total. The fraction of sp³-hybridized carbons (Fsp3) is 0. The number of benzene rings is 2. The van der Waals surface area contributed by atoms with Gasteiger partial charge in [-0.3, -0.25) is 0 Å². The van der Waals surface area contributed by atoms with Crippen molar-refractivity contribution in [3.8, 4) is 11.1 Å². The van der Waals surface area contributed by atoms with Crippen LogP contribution in [0.1, 0.15) is 21.5 Å². The van der Waals surface area contributed by atoms with Crippen molar-refractivity contribution in [3.63, 3.8) is 0 Å². The van der Waals surface area contributed by atoms with Crippen LogP contribution in [0.3, 0.4) is 0 Å². The molecule has 88 valence electrons. The van der Waals surface area contributed by atoms with E-state index in [1.165, 1.54) is 6.07 Å². The molecule has 2 aromatic carbocycles. The number of carboxylic acid groups (broad SMARTS) is 1. The number of carbonyl (C=O) groups is 1. The normalized spacial score (nSPS) is 14.3. The van der Waals surface area contributed by atoms with Crippen LogP contribution >= 0.6 is 0 Å². The zero-order chi connectivity index (χ0) is 12.7. The molecule has 0 fully saturated rings. The van der Waals surface area contributed by atoms with Gasteiger partial charge in [-0.05, 0) is 17.2 Å². The summed E-state index contributed by atoms with van der Waals surface area (Å²) in [5.41, 5.74) is 3.38. The SMILES string of the molecule is O=C(O)c1cccc2c1/C(=N\O)c1ccccc1-2. The Balaban J connectivity index is 2.41. The van der Waals surface area contributed by atoms with Crippen LogP contribution in [0.15, 0.2) is 47.6 Å². The molecule has 0 heterocycles. The Morgan fingerprint density at radius 3 is 2.28 bits per heavy atom. The van der Waals surface area contributed by atoms with Crippen molar-refractivity contribution in [3.05, 3.63) is 59.2 Å². The van der Waals surface area contributed by atoms with E-state index in [-0.39, 0.29) is 5.56 Å².